The molecule has 3 unspecified atom stereocenters. The van der Waals surface area contributed by atoms with Gasteiger partial charge in [0.1, 0.15) is 5.82 Å². The van der Waals surface area contributed by atoms with E-state index in [2.05, 4.69) is 5.32 Å². The van der Waals surface area contributed by atoms with Gasteiger partial charge in [0.2, 0.25) is 5.91 Å². The molecule has 4 heteroatoms. The maximum atomic E-state index is 13.2. The number of nitrogens with two attached hydrogens (primary N) is 1. The average molecular weight is 340 g/mol. The first-order valence-electron chi connectivity index (χ1n) is 8.92. The zero-order chi connectivity index (χ0) is 17.8. The topological polar surface area (TPSA) is 55.1 Å². The number of carbonyl (C=O) groups excluding carboxylic acids is 1. The Labute approximate surface area is 148 Å². The van der Waals surface area contributed by atoms with Gasteiger partial charge in [0, 0.05) is 6.04 Å². The Morgan fingerprint density at radius 1 is 1.08 bits per heavy atom. The summed E-state index contributed by atoms with van der Waals surface area (Å²) in [6, 6.07) is 15.7. The summed E-state index contributed by atoms with van der Waals surface area (Å²) in [5.74, 6) is -0.250. The van der Waals surface area contributed by atoms with Crippen molar-refractivity contribution in [2.24, 2.45) is 17.6 Å². The lowest BCUT2D eigenvalue weighted by molar-refractivity contribution is -0.126. The van der Waals surface area contributed by atoms with Crippen LogP contribution in [-0.4, -0.2) is 5.91 Å². The van der Waals surface area contributed by atoms with E-state index in [1.54, 1.807) is 12.1 Å². The molecule has 3 N–H and O–H groups in total. The van der Waals surface area contributed by atoms with Gasteiger partial charge in [0.05, 0.1) is 12.0 Å². The van der Waals surface area contributed by atoms with Crippen molar-refractivity contribution in [2.45, 2.75) is 38.3 Å². The van der Waals surface area contributed by atoms with E-state index in [9.17, 15) is 9.18 Å². The van der Waals surface area contributed by atoms with E-state index >= 15 is 0 Å². The van der Waals surface area contributed by atoms with Crippen LogP contribution in [0.5, 0.6) is 0 Å². The quantitative estimate of drug-likeness (QED) is 0.831. The van der Waals surface area contributed by atoms with Crippen molar-refractivity contribution in [3.63, 3.8) is 0 Å². The van der Waals surface area contributed by atoms with E-state index in [0.29, 0.717) is 5.92 Å². The van der Waals surface area contributed by atoms with E-state index in [-0.39, 0.29) is 29.7 Å². The Morgan fingerprint density at radius 3 is 2.28 bits per heavy atom. The fourth-order valence-electron chi connectivity index (χ4n) is 3.33. The number of amides is 1. The highest BCUT2D eigenvalue weighted by atomic mass is 19.1. The van der Waals surface area contributed by atoms with Crippen molar-refractivity contribution in [1.82, 2.24) is 5.32 Å². The van der Waals surface area contributed by atoms with Crippen LogP contribution >= 0.6 is 0 Å². The third-order valence-corrected chi connectivity index (χ3v) is 5.28. The van der Waals surface area contributed by atoms with Crippen LogP contribution in [-0.2, 0) is 4.79 Å². The molecule has 1 amide bonds. The second kappa shape index (κ2) is 7.79. The number of rotatable bonds is 6. The normalized spacial score (nSPS) is 18.0. The lowest BCUT2D eigenvalue weighted by Gasteiger charge is -2.35. The monoisotopic (exact) mass is 340 g/mol. The second-order valence-corrected chi connectivity index (χ2v) is 6.95. The summed E-state index contributed by atoms with van der Waals surface area (Å²) in [6.45, 7) is 1.86. The number of halogens is 1. The molecule has 0 bridgehead atoms. The largest absolute Gasteiger partial charge is 0.349 e. The average Bonchev–Trinajstić information content (AvgIpc) is 2.59. The Kier molecular flexibility index (Phi) is 5.49. The predicted octanol–water partition coefficient (Wildman–Crippen LogP) is 4.12. The van der Waals surface area contributed by atoms with Gasteiger partial charge in [0.25, 0.3) is 0 Å². The van der Waals surface area contributed by atoms with E-state index in [4.69, 9.17) is 5.73 Å². The fourth-order valence-corrected chi connectivity index (χ4v) is 3.33. The summed E-state index contributed by atoms with van der Waals surface area (Å²) < 4.78 is 13.2. The van der Waals surface area contributed by atoms with Gasteiger partial charge < -0.3 is 11.1 Å². The predicted molar refractivity (Wildman–Crippen MR) is 97.2 cm³/mol. The number of benzene rings is 2. The molecule has 0 heterocycles. The maximum Gasteiger partial charge on any atom is 0.225 e. The van der Waals surface area contributed by atoms with Crippen LogP contribution in [0.2, 0.25) is 0 Å². The maximum absolute atomic E-state index is 13.2. The molecule has 1 aliphatic rings. The number of hydrogen-bond donors (Lipinski definition) is 2. The van der Waals surface area contributed by atoms with Gasteiger partial charge in [-0.05, 0) is 42.0 Å². The van der Waals surface area contributed by atoms with Crippen LogP contribution in [0.25, 0.3) is 0 Å². The van der Waals surface area contributed by atoms with Crippen LogP contribution in [0.3, 0.4) is 0 Å². The van der Waals surface area contributed by atoms with Gasteiger partial charge in [-0.2, -0.15) is 0 Å². The van der Waals surface area contributed by atoms with Crippen molar-refractivity contribution in [2.75, 3.05) is 0 Å². The van der Waals surface area contributed by atoms with Crippen molar-refractivity contribution < 1.29 is 9.18 Å². The minimum absolute atomic E-state index is 0.0578. The molecule has 3 nitrogen and oxygen atoms in total. The molecule has 0 radical (unpaired) electrons. The molecule has 25 heavy (non-hydrogen) atoms. The molecule has 1 saturated carbocycles. The molecule has 1 aliphatic carbocycles. The van der Waals surface area contributed by atoms with Crippen molar-refractivity contribution in [3.8, 4) is 0 Å². The molecule has 0 aromatic heterocycles. The van der Waals surface area contributed by atoms with Gasteiger partial charge in [0.15, 0.2) is 0 Å². The van der Waals surface area contributed by atoms with Crippen LogP contribution in [0.4, 0.5) is 4.39 Å². The van der Waals surface area contributed by atoms with Gasteiger partial charge in [-0.25, -0.2) is 4.39 Å². The molecule has 0 spiro atoms. The van der Waals surface area contributed by atoms with E-state index in [0.717, 1.165) is 24.0 Å². The third kappa shape index (κ3) is 4.07. The minimum Gasteiger partial charge on any atom is -0.349 e. The van der Waals surface area contributed by atoms with E-state index in [1.165, 1.54) is 18.6 Å². The van der Waals surface area contributed by atoms with Crippen molar-refractivity contribution in [3.05, 3.63) is 71.5 Å². The minimum atomic E-state index is -0.351. The molecule has 1 fully saturated rings. The molecule has 3 rings (SSSR count). The van der Waals surface area contributed by atoms with Gasteiger partial charge in [-0.1, -0.05) is 55.8 Å². The summed E-state index contributed by atoms with van der Waals surface area (Å²) >= 11 is 0. The third-order valence-electron chi connectivity index (χ3n) is 5.28. The lowest BCUT2D eigenvalue weighted by Crippen LogP contribution is -2.41. The van der Waals surface area contributed by atoms with Crippen LogP contribution < -0.4 is 11.1 Å². The van der Waals surface area contributed by atoms with E-state index in [1.807, 2.05) is 37.3 Å². The highest BCUT2D eigenvalue weighted by Gasteiger charge is 2.32. The van der Waals surface area contributed by atoms with Gasteiger partial charge in [-0.15, -0.1) is 0 Å². The van der Waals surface area contributed by atoms with Crippen LogP contribution in [0.15, 0.2) is 54.6 Å². The van der Waals surface area contributed by atoms with Gasteiger partial charge >= 0.3 is 0 Å². The Bertz CT molecular complexity index is 698. The molecule has 132 valence electrons. The molecule has 2 aromatic rings. The molecule has 2 aromatic carbocycles. The summed E-state index contributed by atoms with van der Waals surface area (Å²) in [6.07, 6.45) is 3.35. The molecule has 0 saturated heterocycles. The summed E-state index contributed by atoms with van der Waals surface area (Å²) in [5.41, 5.74) is 8.20. The summed E-state index contributed by atoms with van der Waals surface area (Å²) in [5, 5.41) is 3.16. The SMILES string of the molecule is CC(C(=O)NC(c1ccc(F)cc1)C1CCC1)C(N)c1ccccc1. The Balaban J connectivity index is 1.72. The molecular weight excluding hydrogens is 315 g/mol. The van der Waals surface area contributed by atoms with E-state index < -0.39 is 0 Å². The standard InChI is InChI=1S/C21H25FN2O/c1-14(19(23)15-6-3-2-4-7-15)21(25)24-20(16-8-5-9-16)17-10-12-18(22)13-11-17/h2-4,6-7,10-14,16,19-20H,5,8-9,23H2,1H3,(H,24,25). The fraction of sp³-hybridized carbons (Fsp3) is 0.381. The number of hydrogen-bond acceptors (Lipinski definition) is 2. The van der Waals surface area contributed by atoms with Crippen LogP contribution in [0.1, 0.15) is 49.4 Å². The molecule has 3 atom stereocenters. The zero-order valence-electron chi connectivity index (χ0n) is 14.5. The second-order valence-electron chi connectivity index (χ2n) is 6.95. The Morgan fingerprint density at radius 2 is 1.72 bits per heavy atom. The lowest BCUT2D eigenvalue weighted by atomic mass is 9.77. The van der Waals surface area contributed by atoms with Crippen LogP contribution in [0, 0.1) is 17.7 Å². The summed E-state index contributed by atoms with van der Waals surface area (Å²) in [7, 11) is 0. The number of carbonyl (C=O) groups is 1. The smallest absolute Gasteiger partial charge is 0.225 e. The zero-order valence-corrected chi connectivity index (χ0v) is 14.5. The van der Waals surface area contributed by atoms with Gasteiger partial charge in [-0.3, -0.25) is 4.79 Å². The van der Waals surface area contributed by atoms with Crippen molar-refractivity contribution >= 4 is 5.91 Å². The first-order valence-corrected chi connectivity index (χ1v) is 8.92. The number of nitrogens with one attached hydrogen (secondary N) is 1. The first kappa shape index (κ1) is 17.6. The van der Waals surface area contributed by atoms with Crippen molar-refractivity contribution in [1.29, 1.82) is 0 Å². The summed E-state index contributed by atoms with van der Waals surface area (Å²) in [4.78, 5) is 12.8. The highest BCUT2D eigenvalue weighted by Crippen LogP contribution is 2.38. The first-order chi connectivity index (χ1) is 12.1. The molecular formula is C21H25FN2O. The molecule has 0 aliphatic heterocycles. The Hall–Kier alpha value is -2.20. The highest BCUT2D eigenvalue weighted by molar-refractivity contribution is 5.79.